The van der Waals surface area contributed by atoms with E-state index < -0.39 is 51.9 Å². The molecule has 15 heteroatoms. The van der Waals surface area contributed by atoms with Crippen LogP contribution < -0.4 is 31.7 Å². The van der Waals surface area contributed by atoms with Crippen molar-refractivity contribution in [3.8, 4) is 5.75 Å². The zero-order valence-corrected chi connectivity index (χ0v) is 35.9. The first-order valence-electron chi connectivity index (χ1n) is 19.7. The molecule has 0 unspecified atom stereocenters. The van der Waals surface area contributed by atoms with Gasteiger partial charge in [-0.1, -0.05) is 122 Å². The Morgan fingerprint density at radius 2 is 1.28 bits per heavy atom. The number of rotatable bonds is 15. The Bertz CT molecular complexity index is 2300. The van der Waals surface area contributed by atoms with Crippen molar-refractivity contribution < 1.29 is 36.9 Å². The molecule has 0 aliphatic carbocycles. The van der Waals surface area contributed by atoms with Gasteiger partial charge in [0.25, 0.3) is 16.0 Å². The van der Waals surface area contributed by atoms with Gasteiger partial charge in [0, 0.05) is 17.5 Å². The van der Waals surface area contributed by atoms with Gasteiger partial charge in [-0.25, -0.2) is 4.79 Å². The molecule has 0 fully saturated rings. The number of nitrogens with one attached hydrogen (secondary N) is 5. The predicted octanol–water partition coefficient (Wildman–Crippen LogP) is 6.08. The van der Waals surface area contributed by atoms with E-state index in [2.05, 4.69) is 40.3 Å². The standard InChI is InChI=1S/C32H40N6O5.C7H8O3S.C7H8/c1-20(2)19-26(38-29(40)23-12-5-4-6-13-23)30(41)36-21(3)28(39)37-25(16-10-18-35-32(33)34)31(42)43-27-17-9-14-22-11-7-8-15-24(22)27;1-6-2-4-7(5-3-6)11(8,9)10;1-7-5-3-2-4-6-7/h4-9,11-15,17,20-21,25-26H,10,16,18-19H2,1-3H3,(H,36,41)(H,37,39)(H,38,40)(H4,33,34,35);2-5H,1H3,(H,8,9,10);2-6H,1H3/t21-,25-,26-;;/m0../s1. The molecule has 0 bridgehead atoms. The Kier molecular flexibility index (Phi) is 19.6. The maximum Gasteiger partial charge on any atom is 0.334 e. The maximum absolute atomic E-state index is 13.3. The van der Waals surface area contributed by atoms with Crippen LogP contribution in [0, 0.1) is 25.2 Å². The molecule has 3 amide bonds. The van der Waals surface area contributed by atoms with Gasteiger partial charge in [0.1, 0.15) is 23.9 Å². The number of ether oxygens (including phenoxy) is 1. The van der Waals surface area contributed by atoms with Crippen LogP contribution in [0.1, 0.15) is 61.5 Å². The molecule has 0 radical (unpaired) electrons. The molecule has 0 aliphatic rings. The van der Waals surface area contributed by atoms with E-state index in [1.54, 1.807) is 54.6 Å². The summed E-state index contributed by atoms with van der Waals surface area (Å²) in [5, 5.41) is 19.8. The number of carbonyl (C=O) groups is 4. The van der Waals surface area contributed by atoms with Gasteiger partial charge in [0.05, 0.1) is 4.90 Å². The quantitative estimate of drug-likeness (QED) is 0.0160. The van der Waals surface area contributed by atoms with Crippen molar-refractivity contribution in [2.75, 3.05) is 6.54 Å². The van der Waals surface area contributed by atoms with E-state index in [0.29, 0.717) is 30.7 Å². The molecule has 0 spiro atoms. The zero-order valence-electron chi connectivity index (χ0n) is 35.1. The summed E-state index contributed by atoms with van der Waals surface area (Å²) in [5.41, 5.74) is 8.05. The van der Waals surface area contributed by atoms with Crippen LogP contribution >= 0.6 is 0 Å². The summed E-state index contributed by atoms with van der Waals surface area (Å²) < 4.78 is 35.3. The van der Waals surface area contributed by atoms with Gasteiger partial charge < -0.3 is 31.7 Å². The Hall–Kier alpha value is -6.58. The van der Waals surface area contributed by atoms with Crippen LogP contribution in [0.15, 0.2) is 132 Å². The topological polar surface area (TPSA) is 230 Å². The van der Waals surface area contributed by atoms with Gasteiger partial charge in [-0.15, -0.1) is 0 Å². The van der Waals surface area contributed by atoms with Crippen LogP contribution in [0.5, 0.6) is 5.75 Å². The lowest BCUT2D eigenvalue weighted by molar-refractivity contribution is -0.140. The highest BCUT2D eigenvalue weighted by atomic mass is 32.2. The maximum atomic E-state index is 13.3. The molecule has 3 atom stereocenters. The van der Waals surface area contributed by atoms with Crippen LogP contribution in [-0.4, -0.2) is 67.3 Å². The number of esters is 1. The molecule has 0 heterocycles. The molecule has 0 aromatic heterocycles. The smallest absolute Gasteiger partial charge is 0.334 e. The Morgan fingerprint density at radius 3 is 1.85 bits per heavy atom. The van der Waals surface area contributed by atoms with Crippen molar-refractivity contribution in [1.29, 1.82) is 5.41 Å². The number of guanidine groups is 1. The minimum absolute atomic E-state index is 0.0666. The fraction of sp³-hybridized carbons (Fsp3) is 0.283. The summed E-state index contributed by atoms with van der Waals surface area (Å²) in [7, 11) is -4.02. The molecule has 61 heavy (non-hydrogen) atoms. The minimum atomic E-state index is -4.02. The first-order chi connectivity index (χ1) is 28.9. The van der Waals surface area contributed by atoms with E-state index in [1.807, 2.05) is 69.3 Å². The minimum Gasteiger partial charge on any atom is -0.424 e. The number of aryl methyl sites for hydroxylation is 2. The fourth-order valence-corrected chi connectivity index (χ4v) is 6.18. The van der Waals surface area contributed by atoms with Crippen molar-refractivity contribution in [3.05, 3.63) is 144 Å². The number of amides is 3. The van der Waals surface area contributed by atoms with Crippen molar-refractivity contribution in [2.45, 2.75) is 76.9 Å². The summed E-state index contributed by atoms with van der Waals surface area (Å²) >= 11 is 0. The van der Waals surface area contributed by atoms with E-state index in [-0.39, 0.29) is 23.2 Å². The molecule has 5 aromatic rings. The third-order valence-corrected chi connectivity index (χ3v) is 9.79. The Morgan fingerprint density at radius 1 is 0.705 bits per heavy atom. The number of hydrogen-bond acceptors (Lipinski definition) is 8. The van der Waals surface area contributed by atoms with Gasteiger partial charge in [-0.3, -0.25) is 24.3 Å². The summed E-state index contributed by atoms with van der Waals surface area (Å²) in [6, 6.07) is 34.7. The summed E-state index contributed by atoms with van der Waals surface area (Å²) in [6.07, 6.45) is 0.957. The van der Waals surface area contributed by atoms with Gasteiger partial charge in [0.15, 0.2) is 5.96 Å². The molecule has 5 aromatic carbocycles. The molecule has 0 saturated carbocycles. The highest BCUT2D eigenvalue weighted by molar-refractivity contribution is 7.85. The normalized spacial score (nSPS) is 12.2. The van der Waals surface area contributed by atoms with E-state index >= 15 is 0 Å². The zero-order chi connectivity index (χ0) is 45.0. The molecule has 324 valence electrons. The van der Waals surface area contributed by atoms with Crippen molar-refractivity contribution in [1.82, 2.24) is 21.3 Å². The highest BCUT2D eigenvalue weighted by Crippen LogP contribution is 2.25. The van der Waals surface area contributed by atoms with Crippen molar-refractivity contribution in [2.24, 2.45) is 11.7 Å². The largest absolute Gasteiger partial charge is 0.424 e. The Labute approximate surface area is 357 Å². The lowest BCUT2D eigenvalue weighted by atomic mass is 10.0. The molecule has 5 rings (SSSR count). The number of hydrogen-bond donors (Lipinski definition) is 7. The highest BCUT2D eigenvalue weighted by Gasteiger charge is 2.29. The summed E-state index contributed by atoms with van der Waals surface area (Å²) in [6.45, 7) is 9.60. The van der Waals surface area contributed by atoms with Gasteiger partial charge in [0.2, 0.25) is 11.8 Å². The van der Waals surface area contributed by atoms with Crippen LogP contribution in [0.3, 0.4) is 0 Å². The summed E-state index contributed by atoms with van der Waals surface area (Å²) in [5.74, 6) is -1.92. The second-order valence-corrected chi connectivity index (χ2v) is 16.1. The first-order valence-corrected chi connectivity index (χ1v) is 21.2. The van der Waals surface area contributed by atoms with E-state index in [9.17, 15) is 27.6 Å². The average Bonchev–Trinajstić information content (AvgIpc) is 3.22. The van der Waals surface area contributed by atoms with E-state index in [1.165, 1.54) is 24.6 Å². The lowest BCUT2D eigenvalue weighted by Gasteiger charge is -2.24. The van der Waals surface area contributed by atoms with Crippen molar-refractivity contribution in [3.63, 3.8) is 0 Å². The Balaban J connectivity index is 0.000000449. The van der Waals surface area contributed by atoms with Gasteiger partial charge in [-0.05, 0) is 81.7 Å². The molecule has 8 N–H and O–H groups in total. The lowest BCUT2D eigenvalue weighted by Crippen LogP contribution is -2.55. The van der Waals surface area contributed by atoms with Crippen LogP contribution in [0.2, 0.25) is 0 Å². The monoisotopic (exact) mass is 852 g/mol. The van der Waals surface area contributed by atoms with E-state index in [4.69, 9.17) is 20.4 Å². The molecule has 14 nitrogen and oxygen atoms in total. The molecule has 0 aliphatic heterocycles. The van der Waals surface area contributed by atoms with Gasteiger partial charge >= 0.3 is 5.97 Å². The molecular formula is C46H56N6O8S. The van der Waals surface area contributed by atoms with Gasteiger partial charge in [-0.2, -0.15) is 8.42 Å². The average molecular weight is 853 g/mol. The fourth-order valence-electron chi connectivity index (χ4n) is 5.70. The number of benzene rings is 5. The predicted molar refractivity (Wildman–Crippen MR) is 238 cm³/mol. The molecule has 0 saturated heterocycles. The number of nitrogens with two attached hydrogens (primary N) is 1. The van der Waals surface area contributed by atoms with Crippen LogP contribution in [0.25, 0.3) is 10.8 Å². The van der Waals surface area contributed by atoms with Crippen LogP contribution in [0.4, 0.5) is 0 Å². The first kappa shape index (κ1) is 48.8. The van der Waals surface area contributed by atoms with Crippen molar-refractivity contribution >= 4 is 50.5 Å². The SMILES string of the molecule is CC(C)C[C@H](NC(=O)c1ccccc1)C(=O)N[C@@H](C)C(=O)N[C@@H](CCCNC(=N)N)C(=O)Oc1cccc2ccccc12.Cc1ccc(S(=O)(=O)O)cc1.Cc1ccccc1. The summed E-state index contributed by atoms with van der Waals surface area (Å²) in [4.78, 5) is 52.3. The number of fused-ring (bicyclic) bond motifs is 1. The second-order valence-electron chi connectivity index (χ2n) is 14.6. The molecular weight excluding hydrogens is 797 g/mol. The third kappa shape index (κ3) is 17.7. The third-order valence-electron chi connectivity index (χ3n) is 8.92. The van der Waals surface area contributed by atoms with Crippen LogP contribution in [-0.2, 0) is 24.5 Å². The second kappa shape index (κ2) is 24.5. The van der Waals surface area contributed by atoms with E-state index in [0.717, 1.165) is 16.3 Å². The number of carbonyl (C=O) groups excluding carboxylic acids is 4.